The van der Waals surface area contributed by atoms with Crippen LogP contribution < -0.4 is 4.90 Å². The molecule has 0 radical (unpaired) electrons. The first kappa shape index (κ1) is 25.8. The smallest absolute Gasteiger partial charge is 0.128 e. The van der Waals surface area contributed by atoms with E-state index in [0.29, 0.717) is 39.5 Å². The zero-order chi connectivity index (χ0) is 22.8. The zero-order valence-electron chi connectivity index (χ0n) is 17.7. The van der Waals surface area contributed by atoms with Gasteiger partial charge in [0, 0.05) is 60.8 Å². The highest BCUT2D eigenvalue weighted by atomic mass is 35.5. The molecule has 176 valence electrons. The molecule has 1 aliphatic heterocycles. The minimum atomic E-state index is -0.553. The van der Waals surface area contributed by atoms with Crippen molar-refractivity contribution in [1.29, 1.82) is 0 Å². The minimum absolute atomic E-state index is 0. The molecule has 0 amide bonds. The lowest BCUT2D eigenvalue weighted by Gasteiger charge is -2.35. The molecule has 2 heterocycles. The molecule has 0 unspecified atom stereocenters. The Kier molecular flexibility index (Phi) is 8.65. The average Bonchev–Trinajstić information content (AvgIpc) is 3.07. The lowest BCUT2D eigenvalue weighted by atomic mass is 10.2. The summed E-state index contributed by atoms with van der Waals surface area (Å²) in [4.78, 5) is 4.29. The van der Waals surface area contributed by atoms with Crippen LogP contribution in [0.1, 0.15) is 11.3 Å². The summed E-state index contributed by atoms with van der Waals surface area (Å²) in [6.07, 6.45) is 5.87. The third-order valence-electron chi connectivity index (χ3n) is 5.49. The second-order valence-corrected chi connectivity index (χ2v) is 8.88. The van der Waals surface area contributed by atoms with Gasteiger partial charge in [0.2, 0.25) is 0 Å². The number of hydrogen-bond acceptors (Lipinski definition) is 3. The highest BCUT2D eigenvalue weighted by Gasteiger charge is 2.18. The standard InChI is InChI=1S/C23H21Cl3F2N4.ClH/c1-15-16(14-29-32(15)23-21(25)9-17(24)10-22(23)26)3-2-4-30-5-7-31(8-6-30)20-12-18(27)11-19(28)13-20;/h2-3,9-14H,4-8H2,1H3;1H. The zero-order valence-corrected chi connectivity index (χ0v) is 20.8. The lowest BCUT2D eigenvalue weighted by Crippen LogP contribution is -2.46. The van der Waals surface area contributed by atoms with Gasteiger partial charge in [-0.25, -0.2) is 13.5 Å². The van der Waals surface area contributed by atoms with Crippen LogP contribution in [-0.4, -0.2) is 47.4 Å². The second-order valence-electron chi connectivity index (χ2n) is 7.63. The Hall–Kier alpha value is -1.83. The van der Waals surface area contributed by atoms with Gasteiger partial charge in [-0.2, -0.15) is 5.10 Å². The molecular formula is C23H22Cl4F2N4. The molecule has 0 spiro atoms. The van der Waals surface area contributed by atoms with E-state index in [1.807, 2.05) is 17.9 Å². The summed E-state index contributed by atoms with van der Waals surface area (Å²) in [5.41, 5.74) is 3.05. The summed E-state index contributed by atoms with van der Waals surface area (Å²) >= 11 is 18.7. The predicted molar refractivity (Wildman–Crippen MR) is 135 cm³/mol. The fourth-order valence-electron chi connectivity index (χ4n) is 3.79. The predicted octanol–water partition coefficient (Wildman–Crippen LogP) is 6.68. The SMILES string of the molecule is Cc1c(C=CCN2CCN(c3cc(F)cc(F)c3)CC2)cnn1-c1c(Cl)cc(Cl)cc1Cl.Cl. The second kappa shape index (κ2) is 11.1. The molecule has 0 bridgehead atoms. The Morgan fingerprint density at radius 2 is 1.55 bits per heavy atom. The number of piperazine rings is 1. The minimum Gasteiger partial charge on any atom is -0.369 e. The van der Waals surface area contributed by atoms with Crippen LogP contribution in [0.25, 0.3) is 11.8 Å². The molecule has 10 heteroatoms. The van der Waals surface area contributed by atoms with E-state index in [1.54, 1.807) is 23.0 Å². The van der Waals surface area contributed by atoms with Gasteiger partial charge in [-0.3, -0.25) is 4.90 Å². The Bertz CT molecular complexity index is 1110. The maximum Gasteiger partial charge on any atom is 0.128 e. The summed E-state index contributed by atoms with van der Waals surface area (Å²) in [5, 5.41) is 5.76. The van der Waals surface area contributed by atoms with E-state index < -0.39 is 11.6 Å². The summed E-state index contributed by atoms with van der Waals surface area (Å²) in [6.45, 7) is 5.74. The van der Waals surface area contributed by atoms with Crippen LogP contribution in [-0.2, 0) is 0 Å². The largest absolute Gasteiger partial charge is 0.369 e. The van der Waals surface area contributed by atoms with E-state index in [1.165, 1.54) is 12.1 Å². The highest BCUT2D eigenvalue weighted by Crippen LogP contribution is 2.33. The molecule has 4 rings (SSSR count). The number of aromatic nitrogens is 2. The van der Waals surface area contributed by atoms with E-state index >= 15 is 0 Å². The average molecular weight is 534 g/mol. The van der Waals surface area contributed by atoms with Gasteiger partial charge in [0.1, 0.15) is 17.3 Å². The number of anilines is 1. The molecule has 4 nitrogen and oxygen atoms in total. The fourth-order valence-corrected chi connectivity index (χ4v) is 4.76. The third-order valence-corrected chi connectivity index (χ3v) is 6.28. The van der Waals surface area contributed by atoms with Crippen molar-refractivity contribution in [3.8, 4) is 5.69 Å². The van der Waals surface area contributed by atoms with Gasteiger partial charge in [-0.05, 0) is 31.2 Å². The summed E-state index contributed by atoms with van der Waals surface area (Å²) in [5.74, 6) is -1.11. The number of rotatable bonds is 5. The van der Waals surface area contributed by atoms with Crippen molar-refractivity contribution in [1.82, 2.24) is 14.7 Å². The quantitative estimate of drug-likeness (QED) is 0.365. The van der Waals surface area contributed by atoms with Crippen molar-refractivity contribution < 1.29 is 8.78 Å². The van der Waals surface area contributed by atoms with E-state index in [-0.39, 0.29) is 12.4 Å². The Labute approximate surface area is 212 Å². The lowest BCUT2D eigenvalue weighted by molar-refractivity contribution is 0.284. The van der Waals surface area contributed by atoms with Gasteiger partial charge in [0.25, 0.3) is 0 Å². The van der Waals surface area contributed by atoms with Crippen molar-refractivity contribution in [2.45, 2.75) is 6.92 Å². The van der Waals surface area contributed by atoms with Gasteiger partial charge in [-0.1, -0.05) is 47.0 Å². The van der Waals surface area contributed by atoms with Crippen LogP contribution in [0.15, 0.2) is 42.6 Å². The highest BCUT2D eigenvalue weighted by molar-refractivity contribution is 6.40. The molecule has 0 atom stereocenters. The van der Waals surface area contributed by atoms with Crippen LogP contribution in [0.3, 0.4) is 0 Å². The molecule has 1 aliphatic rings. The third kappa shape index (κ3) is 6.00. The topological polar surface area (TPSA) is 24.3 Å². The fraction of sp³-hybridized carbons (Fsp3) is 0.261. The first-order valence-electron chi connectivity index (χ1n) is 10.1. The van der Waals surface area contributed by atoms with Gasteiger partial charge in [-0.15, -0.1) is 12.4 Å². The molecule has 3 aromatic rings. The van der Waals surface area contributed by atoms with E-state index in [4.69, 9.17) is 34.8 Å². The number of nitrogens with zero attached hydrogens (tertiary/aromatic N) is 4. The molecule has 1 saturated heterocycles. The van der Waals surface area contributed by atoms with Crippen LogP contribution in [0.2, 0.25) is 15.1 Å². The first-order chi connectivity index (χ1) is 15.3. The molecule has 1 aromatic heterocycles. The number of halogens is 6. The van der Waals surface area contributed by atoms with Gasteiger partial charge < -0.3 is 4.90 Å². The van der Waals surface area contributed by atoms with E-state index in [2.05, 4.69) is 16.1 Å². The Morgan fingerprint density at radius 3 is 2.15 bits per heavy atom. The molecule has 0 aliphatic carbocycles. The van der Waals surface area contributed by atoms with Gasteiger partial charge in [0.15, 0.2) is 0 Å². The van der Waals surface area contributed by atoms with Crippen LogP contribution in [0.4, 0.5) is 14.5 Å². The summed E-state index contributed by atoms with van der Waals surface area (Å²) in [6, 6.07) is 6.91. The van der Waals surface area contributed by atoms with Crippen molar-refractivity contribution >= 4 is 59.0 Å². The van der Waals surface area contributed by atoms with E-state index in [0.717, 1.165) is 37.0 Å². The normalized spacial score (nSPS) is 14.7. The molecule has 0 N–H and O–H groups in total. The van der Waals surface area contributed by atoms with Crippen LogP contribution in [0.5, 0.6) is 0 Å². The number of benzene rings is 2. The van der Waals surface area contributed by atoms with Gasteiger partial charge >= 0.3 is 0 Å². The Balaban J connectivity index is 0.00000306. The summed E-state index contributed by atoms with van der Waals surface area (Å²) in [7, 11) is 0. The molecular weight excluding hydrogens is 512 g/mol. The van der Waals surface area contributed by atoms with Gasteiger partial charge in [0.05, 0.1) is 16.2 Å². The molecule has 1 fully saturated rings. The molecule has 33 heavy (non-hydrogen) atoms. The Morgan fingerprint density at radius 1 is 0.939 bits per heavy atom. The maximum absolute atomic E-state index is 13.5. The summed E-state index contributed by atoms with van der Waals surface area (Å²) < 4.78 is 28.7. The first-order valence-corrected chi connectivity index (χ1v) is 11.2. The van der Waals surface area contributed by atoms with Crippen LogP contribution >= 0.6 is 47.2 Å². The van der Waals surface area contributed by atoms with Crippen LogP contribution in [0, 0.1) is 18.6 Å². The van der Waals surface area contributed by atoms with Crippen molar-refractivity contribution in [2.24, 2.45) is 0 Å². The van der Waals surface area contributed by atoms with Crippen molar-refractivity contribution in [3.05, 3.63) is 80.6 Å². The monoisotopic (exact) mass is 532 g/mol. The number of hydrogen-bond donors (Lipinski definition) is 0. The van der Waals surface area contributed by atoms with Crippen molar-refractivity contribution in [2.75, 3.05) is 37.6 Å². The van der Waals surface area contributed by atoms with E-state index in [9.17, 15) is 8.78 Å². The van der Waals surface area contributed by atoms with Crippen molar-refractivity contribution in [3.63, 3.8) is 0 Å². The molecule has 0 saturated carbocycles. The maximum atomic E-state index is 13.5. The molecule has 2 aromatic carbocycles.